The smallest absolute Gasteiger partial charge is 0.339 e. The number of anilines is 1. The van der Waals surface area contributed by atoms with E-state index in [0.717, 1.165) is 0 Å². The number of rotatable bonds is 9. The molecule has 0 aliphatic carbocycles. The van der Waals surface area contributed by atoms with Crippen molar-refractivity contribution in [3.63, 3.8) is 0 Å². The zero-order valence-electron chi connectivity index (χ0n) is 22.6. The van der Waals surface area contributed by atoms with Gasteiger partial charge in [0.2, 0.25) is 5.91 Å². The number of hydrogen-bond acceptors (Lipinski definition) is 6. The molecule has 3 aromatic carbocycles. The summed E-state index contributed by atoms with van der Waals surface area (Å²) >= 11 is 0. The number of benzene rings is 3. The number of carbonyl (C=O) groups is 3. The summed E-state index contributed by atoms with van der Waals surface area (Å²) in [6.07, 6.45) is -9.94. The first kappa shape index (κ1) is 33.6. The number of amides is 3. The van der Waals surface area contributed by atoms with Crippen LogP contribution in [0.1, 0.15) is 38.2 Å². The summed E-state index contributed by atoms with van der Waals surface area (Å²) in [5.41, 5.74) is 5.42. The molecule has 0 spiro atoms. The SMILES string of the molecule is NC[C@H](NC(=O)c1ccc(C#Cc2ccc(NC(=O)CNCc3cc(C(F)(F)F)cc(C(F)(F)F)c3)cc2)cc1)C(=O)NO. The Morgan fingerprint density at radius 2 is 1.34 bits per heavy atom. The number of halogens is 6. The molecule has 0 bridgehead atoms. The number of nitrogens with one attached hydrogen (secondary N) is 4. The molecule has 0 aliphatic heterocycles. The van der Waals surface area contributed by atoms with Crippen molar-refractivity contribution in [2.75, 3.05) is 18.4 Å². The second-order valence-corrected chi connectivity index (χ2v) is 9.21. The molecule has 0 saturated heterocycles. The van der Waals surface area contributed by atoms with E-state index in [-0.39, 0.29) is 30.3 Å². The molecule has 0 unspecified atom stereocenters. The van der Waals surface area contributed by atoms with Crippen molar-refractivity contribution in [2.24, 2.45) is 5.73 Å². The van der Waals surface area contributed by atoms with E-state index >= 15 is 0 Å². The summed E-state index contributed by atoms with van der Waals surface area (Å²) in [5.74, 6) is 3.79. The summed E-state index contributed by atoms with van der Waals surface area (Å²) < 4.78 is 78.1. The van der Waals surface area contributed by atoms with Gasteiger partial charge in [0, 0.05) is 35.5 Å². The highest BCUT2D eigenvalue weighted by Crippen LogP contribution is 2.36. The van der Waals surface area contributed by atoms with Gasteiger partial charge in [-0.3, -0.25) is 19.6 Å². The molecule has 0 heterocycles. The van der Waals surface area contributed by atoms with Crippen molar-refractivity contribution in [2.45, 2.75) is 24.9 Å². The Balaban J connectivity index is 1.53. The van der Waals surface area contributed by atoms with Crippen molar-refractivity contribution >= 4 is 23.4 Å². The van der Waals surface area contributed by atoms with Crippen molar-refractivity contribution in [3.8, 4) is 11.8 Å². The molecule has 0 aromatic heterocycles. The fourth-order valence-electron chi connectivity index (χ4n) is 3.68. The van der Waals surface area contributed by atoms with Crippen LogP contribution in [0.2, 0.25) is 0 Å². The lowest BCUT2D eigenvalue weighted by Gasteiger charge is -2.14. The van der Waals surface area contributed by atoms with Gasteiger partial charge in [-0.05, 0) is 72.3 Å². The Morgan fingerprint density at radius 3 is 1.82 bits per heavy atom. The second kappa shape index (κ2) is 14.5. The van der Waals surface area contributed by atoms with Gasteiger partial charge in [0.15, 0.2) is 0 Å². The molecule has 232 valence electrons. The van der Waals surface area contributed by atoms with Gasteiger partial charge in [-0.1, -0.05) is 11.8 Å². The molecular weight excluding hydrogens is 596 g/mol. The fourth-order valence-corrected chi connectivity index (χ4v) is 3.68. The van der Waals surface area contributed by atoms with Gasteiger partial charge >= 0.3 is 12.4 Å². The highest BCUT2D eigenvalue weighted by Gasteiger charge is 2.36. The molecule has 0 aliphatic rings. The molecule has 0 saturated carbocycles. The fraction of sp³-hybridized carbons (Fsp3) is 0.207. The third kappa shape index (κ3) is 9.83. The van der Waals surface area contributed by atoms with Crippen LogP contribution in [-0.4, -0.2) is 42.1 Å². The van der Waals surface area contributed by atoms with Crippen LogP contribution in [0.3, 0.4) is 0 Å². The predicted molar refractivity (Wildman–Crippen MR) is 146 cm³/mol. The van der Waals surface area contributed by atoms with Crippen LogP contribution in [0.5, 0.6) is 0 Å². The third-order valence-corrected chi connectivity index (χ3v) is 5.90. The Labute approximate surface area is 246 Å². The van der Waals surface area contributed by atoms with Crippen molar-refractivity contribution < 1.29 is 45.9 Å². The highest BCUT2D eigenvalue weighted by atomic mass is 19.4. The summed E-state index contributed by atoms with van der Waals surface area (Å²) in [4.78, 5) is 36.0. The second-order valence-electron chi connectivity index (χ2n) is 9.21. The van der Waals surface area contributed by atoms with Gasteiger partial charge in [0.05, 0.1) is 17.7 Å². The summed E-state index contributed by atoms with van der Waals surface area (Å²) in [6, 6.07) is 12.5. The first-order chi connectivity index (χ1) is 20.7. The molecule has 1 atom stereocenters. The minimum Gasteiger partial charge on any atom is -0.339 e. The molecule has 44 heavy (non-hydrogen) atoms. The van der Waals surface area contributed by atoms with Gasteiger partial charge in [0.1, 0.15) is 6.04 Å². The number of hydroxylamine groups is 1. The maximum absolute atomic E-state index is 13.0. The van der Waals surface area contributed by atoms with E-state index in [1.54, 1.807) is 36.4 Å². The molecule has 3 amide bonds. The lowest BCUT2D eigenvalue weighted by molar-refractivity contribution is -0.143. The average molecular weight is 622 g/mol. The maximum atomic E-state index is 13.0. The predicted octanol–water partition coefficient (Wildman–Crippen LogP) is 3.41. The van der Waals surface area contributed by atoms with Crippen LogP contribution >= 0.6 is 0 Å². The number of hydrogen-bond donors (Lipinski definition) is 6. The Kier molecular flexibility index (Phi) is 11.1. The first-order valence-electron chi connectivity index (χ1n) is 12.7. The molecule has 3 aromatic rings. The minimum absolute atomic E-state index is 0.0324. The Morgan fingerprint density at radius 1 is 0.818 bits per heavy atom. The summed E-state index contributed by atoms with van der Waals surface area (Å²) in [5, 5.41) is 16.2. The van der Waals surface area contributed by atoms with Gasteiger partial charge in [-0.2, -0.15) is 26.3 Å². The quantitative estimate of drug-likeness (QED) is 0.0935. The molecule has 7 N–H and O–H groups in total. The monoisotopic (exact) mass is 621 g/mol. The Hall–Kier alpha value is -4.91. The van der Waals surface area contributed by atoms with Crippen LogP contribution in [0.25, 0.3) is 0 Å². The largest absolute Gasteiger partial charge is 0.416 e. The van der Waals surface area contributed by atoms with E-state index in [0.29, 0.717) is 28.9 Å². The average Bonchev–Trinajstić information content (AvgIpc) is 2.98. The normalized spacial score (nSPS) is 12.0. The molecule has 0 fully saturated rings. The van der Waals surface area contributed by atoms with Crippen LogP contribution in [0, 0.1) is 11.8 Å². The van der Waals surface area contributed by atoms with Crippen LogP contribution < -0.4 is 27.2 Å². The number of nitrogens with two attached hydrogens (primary N) is 1. The van der Waals surface area contributed by atoms with E-state index < -0.39 is 53.8 Å². The first-order valence-corrected chi connectivity index (χ1v) is 12.7. The van der Waals surface area contributed by atoms with E-state index in [1.165, 1.54) is 17.6 Å². The third-order valence-electron chi connectivity index (χ3n) is 5.90. The topological polar surface area (TPSA) is 146 Å². The van der Waals surface area contributed by atoms with Crippen LogP contribution in [-0.2, 0) is 28.5 Å². The zero-order valence-corrected chi connectivity index (χ0v) is 22.6. The minimum atomic E-state index is -4.97. The van der Waals surface area contributed by atoms with Gasteiger partial charge in [-0.15, -0.1) is 0 Å². The van der Waals surface area contributed by atoms with Crippen molar-refractivity contribution in [3.05, 3.63) is 100 Å². The number of carbonyl (C=O) groups excluding carboxylic acids is 3. The standard InChI is InChI=1S/C29H25F6N5O4/c30-28(31,32)21-11-19(12-22(13-21)29(33,34)35)15-37-16-25(41)38-23-9-5-18(6-10-23)2-1-17-3-7-20(8-4-17)26(42)39-24(14-36)27(43)40-44/h3-13,24,37,44H,14-16,36H2,(H,38,41)(H,39,42)(H,40,43)/t24-/m0/s1. The molecule has 9 nitrogen and oxygen atoms in total. The van der Waals surface area contributed by atoms with Gasteiger partial charge in [0.25, 0.3) is 11.8 Å². The van der Waals surface area contributed by atoms with E-state index in [2.05, 4.69) is 27.8 Å². The maximum Gasteiger partial charge on any atom is 0.416 e. The zero-order chi connectivity index (χ0) is 32.5. The van der Waals surface area contributed by atoms with E-state index in [1.807, 2.05) is 0 Å². The number of alkyl halides is 6. The van der Waals surface area contributed by atoms with Crippen molar-refractivity contribution in [1.29, 1.82) is 0 Å². The lowest BCUT2D eigenvalue weighted by Crippen LogP contribution is -2.50. The lowest BCUT2D eigenvalue weighted by atomic mass is 10.0. The van der Waals surface area contributed by atoms with E-state index in [4.69, 9.17) is 10.9 Å². The van der Waals surface area contributed by atoms with Crippen LogP contribution in [0.4, 0.5) is 32.0 Å². The van der Waals surface area contributed by atoms with Gasteiger partial charge < -0.3 is 21.7 Å². The summed E-state index contributed by atoms with van der Waals surface area (Å²) in [7, 11) is 0. The van der Waals surface area contributed by atoms with Crippen molar-refractivity contribution in [1.82, 2.24) is 16.1 Å². The Bertz CT molecular complexity index is 1510. The molecular formula is C29H25F6N5O4. The molecule has 3 rings (SSSR count). The molecule has 15 heteroatoms. The van der Waals surface area contributed by atoms with E-state index in [9.17, 15) is 40.7 Å². The molecule has 0 radical (unpaired) electrons. The van der Waals surface area contributed by atoms with Gasteiger partial charge in [-0.25, -0.2) is 5.48 Å². The van der Waals surface area contributed by atoms with Crippen LogP contribution in [0.15, 0.2) is 66.7 Å². The highest BCUT2D eigenvalue weighted by molar-refractivity contribution is 5.97. The summed E-state index contributed by atoms with van der Waals surface area (Å²) in [6.45, 7) is -1.01.